The van der Waals surface area contributed by atoms with Gasteiger partial charge in [0.2, 0.25) is 0 Å². The van der Waals surface area contributed by atoms with Crippen LogP contribution in [-0.4, -0.2) is 30.4 Å². The average molecular weight is 320 g/mol. The van der Waals surface area contributed by atoms with E-state index in [1.54, 1.807) is 13.3 Å². The molecule has 4 N–H and O–H groups in total. The Kier molecular flexibility index (Phi) is 5.46. The van der Waals surface area contributed by atoms with Gasteiger partial charge in [-0.25, -0.2) is 4.79 Å². The fraction of sp³-hybridized carbons (Fsp3) is 0.333. The molecule has 0 saturated heterocycles. The van der Waals surface area contributed by atoms with E-state index in [4.69, 9.17) is 10.5 Å². The van der Waals surface area contributed by atoms with Crippen molar-refractivity contribution >= 4 is 34.6 Å². The summed E-state index contributed by atoms with van der Waals surface area (Å²) in [7, 11) is 1.62. The lowest BCUT2D eigenvalue weighted by Crippen LogP contribution is -2.24. The van der Waals surface area contributed by atoms with Crippen LogP contribution in [0.3, 0.4) is 0 Å². The van der Waals surface area contributed by atoms with E-state index in [0.29, 0.717) is 12.3 Å². The number of anilines is 1. The first-order valence-corrected chi connectivity index (χ1v) is 7.88. The molecule has 0 aliphatic heterocycles. The van der Waals surface area contributed by atoms with Crippen molar-refractivity contribution in [3.8, 4) is 5.75 Å². The van der Waals surface area contributed by atoms with Crippen molar-refractivity contribution in [3.63, 3.8) is 0 Å². The molecular weight excluding hydrogens is 300 g/mol. The summed E-state index contributed by atoms with van der Waals surface area (Å²) in [6.07, 6.45) is 1.72. The van der Waals surface area contributed by atoms with Crippen LogP contribution < -0.4 is 20.5 Å². The molecule has 118 valence electrons. The molecule has 2 amide bonds. The van der Waals surface area contributed by atoms with Crippen LogP contribution in [0.5, 0.6) is 5.75 Å². The van der Waals surface area contributed by atoms with Gasteiger partial charge in [0.15, 0.2) is 0 Å². The second kappa shape index (κ2) is 7.33. The number of nitrogens with zero attached hydrogens (tertiary/aromatic N) is 1. The number of aromatic nitrogens is 1. The van der Waals surface area contributed by atoms with E-state index in [-0.39, 0.29) is 6.03 Å². The Morgan fingerprint density at radius 2 is 2.23 bits per heavy atom. The zero-order valence-corrected chi connectivity index (χ0v) is 13.7. The molecule has 0 spiro atoms. The molecule has 7 heteroatoms. The second-order valence-electron chi connectivity index (χ2n) is 4.80. The number of hydrogen-bond donors (Lipinski definition) is 3. The van der Waals surface area contributed by atoms with Crippen LogP contribution in [0.15, 0.2) is 18.3 Å². The predicted molar refractivity (Wildman–Crippen MR) is 91.4 cm³/mol. The number of hydrogen-bond acceptors (Lipinski definition) is 5. The number of pyridine rings is 1. The van der Waals surface area contributed by atoms with Gasteiger partial charge in [0, 0.05) is 29.6 Å². The third kappa shape index (κ3) is 3.42. The van der Waals surface area contributed by atoms with Gasteiger partial charge < -0.3 is 15.8 Å². The third-order valence-electron chi connectivity index (χ3n) is 3.28. The Hall–Kier alpha value is -1.99. The van der Waals surface area contributed by atoms with Gasteiger partial charge in [0.1, 0.15) is 5.75 Å². The van der Waals surface area contributed by atoms with Gasteiger partial charge in [0.25, 0.3) is 0 Å². The minimum absolute atomic E-state index is 0.275. The molecule has 0 unspecified atom stereocenters. The minimum Gasteiger partial charge on any atom is -0.496 e. The molecular formula is C15H20N4O2S. The molecule has 0 saturated carbocycles. The summed E-state index contributed by atoms with van der Waals surface area (Å²) >= 11 is 1.28. The zero-order valence-electron chi connectivity index (χ0n) is 12.9. The Balaban J connectivity index is 2.35. The molecule has 2 rings (SSSR count). The van der Waals surface area contributed by atoms with Crippen molar-refractivity contribution in [2.45, 2.75) is 13.8 Å². The molecule has 0 radical (unpaired) electrons. The Labute approximate surface area is 133 Å². The predicted octanol–water partition coefficient (Wildman–Crippen LogP) is 2.59. The van der Waals surface area contributed by atoms with Gasteiger partial charge >= 0.3 is 6.03 Å². The smallest absolute Gasteiger partial charge is 0.329 e. The maximum Gasteiger partial charge on any atom is 0.329 e. The van der Waals surface area contributed by atoms with E-state index in [9.17, 15) is 4.79 Å². The normalized spacial score (nSPS) is 10.5. The number of carbonyl (C=O) groups excluding carboxylic acids is 1. The van der Waals surface area contributed by atoms with Crippen LogP contribution >= 0.6 is 11.9 Å². The first kappa shape index (κ1) is 16.4. The van der Waals surface area contributed by atoms with E-state index < -0.39 is 0 Å². The number of nitrogens with two attached hydrogens (primary N) is 1. The Bertz CT molecular complexity index is 691. The van der Waals surface area contributed by atoms with Crippen molar-refractivity contribution in [2.24, 2.45) is 5.73 Å². The van der Waals surface area contributed by atoms with Crippen LogP contribution in [0.1, 0.15) is 11.1 Å². The molecule has 6 nitrogen and oxygen atoms in total. The maximum absolute atomic E-state index is 11.9. The van der Waals surface area contributed by atoms with E-state index >= 15 is 0 Å². The number of amides is 2. The highest BCUT2D eigenvalue weighted by Crippen LogP contribution is 2.33. The number of aryl methyl sites for hydroxylation is 2. The maximum atomic E-state index is 11.9. The fourth-order valence-electron chi connectivity index (χ4n) is 2.26. The van der Waals surface area contributed by atoms with Crippen molar-refractivity contribution in [3.05, 3.63) is 29.5 Å². The minimum atomic E-state index is -0.275. The van der Waals surface area contributed by atoms with E-state index in [0.717, 1.165) is 33.5 Å². The quantitative estimate of drug-likeness (QED) is 0.582. The molecule has 0 bridgehead atoms. The molecule has 0 atom stereocenters. The summed E-state index contributed by atoms with van der Waals surface area (Å²) in [5.41, 5.74) is 8.90. The first-order valence-electron chi connectivity index (χ1n) is 6.90. The van der Waals surface area contributed by atoms with Gasteiger partial charge in [-0.05, 0) is 49.1 Å². The lowest BCUT2D eigenvalue weighted by molar-refractivity contribution is 0.257. The molecule has 1 aromatic heterocycles. The fourth-order valence-corrected chi connectivity index (χ4v) is 2.66. The van der Waals surface area contributed by atoms with E-state index in [2.05, 4.69) is 15.0 Å². The lowest BCUT2D eigenvalue weighted by Gasteiger charge is -2.15. The number of methoxy groups -OCH3 is 1. The van der Waals surface area contributed by atoms with Crippen molar-refractivity contribution in [1.82, 2.24) is 9.71 Å². The van der Waals surface area contributed by atoms with Gasteiger partial charge in [-0.1, -0.05) is 0 Å². The summed E-state index contributed by atoms with van der Waals surface area (Å²) in [4.78, 5) is 16.3. The topological polar surface area (TPSA) is 89.3 Å². The number of fused-ring (bicyclic) bond motifs is 1. The van der Waals surface area contributed by atoms with Crippen molar-refractivity contribution < 1.29 is 9.53 Å². The summed E-state index contributed by atoms with van der Waals surface area (Å²) in [6, 6.07) is 3.45. The third-order valence-corrected chi connectivity index (χ3v) is 4.05. The SMILES string of the molecule is COc1ccnc2c(C)cc(NC(=O)NSCCN)c(C)c12. The molecule has 0 aliphatic rings. The Morgan fingerprint density at radius 1 is 1.45 bits per heavy atom. The average Bonchev–Trinajstić information content (AvgIpc) is 2.51. The van der Waals surface area contributed by atoms with Crippen LogP contribution in [0.25, 0.3) is 10.9 Å². The highest BCUT2D eigenvalue weighted by atomic mass is 32.2. The summed E-state index contributed by atoms with van der Waals surface area (Å²) in [5.74, 6) is 1.41. The van der Waals surface area contributed by atoms with E-state index in [1.165, 1.54) is 11.9 Å². The first-order chi connectivity index (χ1) is 10.6. The highest BCUT2D eigenvalue weighted by molar-refractivity contribution is 7.97. The molecule has 0 aliphatic carbocycles. The molecule has 1 aromatic carbocycles. The van der Waals surface area contributed by atoms with Crippen LogP contribution in [-0.2, 0) is 0 Å². The lowest BCUT2D eigenvalue weighted by atomic mass is 10.0. The van der Waals surface area contributed by atoms with Crippen LogP contribution in [0, 0.1) is 13.8 Å². The van der Waals surface area contributed by atoms with Crippen LogP contribution in [0.4, 0.5) is 10.5 Å². The largest absolute Gasteiger partial charge is 0.496 e. The highest BCUT2D eigenvalue weighted by Gasteiger charge is 2.13. The molecule has 1 heterocycles. The van der Waals surface area contributed by atoms with Gasteiger partial charge in [-0.3, -0.25) is 9.71 Å². The standard InChI is InChI=1S/C15H20N4O2S/c1-9-8-11(18-15(20)19-22-7-5-16)10(2)13-12(21-3)4-6-17-14(9)13/h4,6,8H,5,7,16H2,1-3H3,(H2,18,19,20). The van der Waals surface area contributed by atoms with Gasteiger partial charge in [-0.15, -0.1) is 0 Å². The second-order valence-corrected chi connectivity index (χ2v) is 5.70. The number of carbonyl (C=O) groups is 1. The number of ether oxygens (including phenoxy) is 1. The Morgan fingerprint density at radius 3 is 2.91 bits per heavy atom. The summed E-state index contributed by atoms with van der Waals surface area (Å²) in [5, 5.41) is 3.77. The van der Waals surface area contributed by atoms with Gasteiger partial charge in [-0.2, -0.15) is 0 Å². The number of benzene rings is 1. The van der Waals surface area contributed by atoms with Gasteiger partial charge in [0.05, 0.1) is 12.6 Å². The number of rotatable bonds is 5. The molecule has 2 aromatic rings. The van der Waals surface area contributed by atoms with Crippen molar-refractivity contribution in [2.75, 3.05) is 24.7 Å². The molecule has 22 heavy (non-hydrogen) atoms. The summed E-state index contributed by atoms with van der Waals surface area (Å²) < 4.78 is 8.11. The molecule has 0 fully saturated rings. The number of nitrogens with one attached hydrogen (secondary N) is 2. The van der Waals surface area contributed by atoms with Crippen LogP contribution in [0.2, 0.25) is 0 Å². The monoisotopic (exact) mass is 320 g/mol. The van der Waals surface area contributed by atoms with Crippen molar-refractivity contribution in [1.29, 1.82) is 0 Å². The number of urea groups is 1. The summed E-state index contributed by atoms with van der Waals surface area (Å²) in [6.45, 7) is 4.41. The van der Waals surface area contributed by atoms with E-state index in [1.807, 2.05) is 26.0 Å². The zero-order chi connectivity index (χ0) is 16.1.